The second-order valence-electron chi connectivity index (χ2n) is 4.54. The molecule has 1 N–H and O–H groups in total. The zero-order valence-electron chi connectivity index (χ0n) is 11.2. The van der Waals surface area contributed by atoms with Gasteiger partial charge in [0, 0.05) is 11.3 Å². The third kappa shape index (κ3) is 3.81. The van der Waals surface area contributed by atoms with E-state index in [4.69, 9.17) is 34.8 Å². The second-order valence-corrected chi connectivity index (χ2v) is 5.65. The van der Waals surface area contributed by atoms with E-state index in [1.165, 1.54) is 12.4 Å². The van der Waals surface area contributed by atoms with Crippen LogP contribution in [0, 0.1) is 0 Å². The maximum absolute atomic E-state index is 12.3. The third-order valence-electron chi connectivity index (χ3n) is 2.66. The summed E-state index contributed by atoms with van der Waals surface area (Å²) in [5.74, 6) is -0.276. The number of hydrogen-bond acceptors (Lipinski definition) is 4. The van der Waals surface area contributed by atoms with Crippen LogP contribution in [0.15, 0.2) is 18.5 Å². The fraction of sp³-hybridized carbons (Fsp3) is 0.231. The van der Waals surface area contributed by atoms with Crippen molar-refractivity contribution >= 4 is 46.4 Å². The summed E-state index contributed by atoms with van der Waals surface area (Å²) in [6.07, 6.45) is 1.21. The van der Waals surface area contributed by atoms with Crippen molar-refractivity contribution in [1.29, 1.82) is 0 Å². The summed E-state index contributed by atoms with van der Waals surface area (Å²) in [6, 6.07) is 3.13. The predicted molar refractivity (Wildman–Crippen MR) is 83.3 cm³/mol. The van der Waals surface area contributed by atoms with Crippen LogP contribution in [-0.4, -0.2) is 20.9 Å². The van der Waals surface area contributed by atoms with E-state index in [2.05, 4.69) is 20.3 Å². The number of hydrogen-bond donors (Lipinski definition) is 1. The number of pyridine rings is 1. The number of anilines is 1. The van der Waals surface area contributed by atoms with Gasteiger partial charge in [0.15, 0.2) is 10.3 Å². The fourth-order valence-electron chi connectivity index (χ4n) is 1.58. The minimum absolute atomic E-state index is 0.0626. The van der Waals surface area contributed by atoms with Crippen LogP contribution in [0.25, 0.3) is 0 Å². The number of carbonyl (C=O) groups excluding carboxylic acids is 1. The number of nitrogens with one attached hydrogen (secondary N) is 1. The number of carbonyl (C=O) groups is 1. The van der Waals surface area contributed by atoms with Crippen molar-refractivity contribution in [1.82, 2.24) is 15.0 Å². The molecule has 110 valence electrons. The lowest BCUT2D eigenvalue weighted by Crippen LogP contribution is -2.14. The third-order valence-corrected chi connectivity index (χ3v) is 3.43. The Morgan fingerprint density at radius 3 is 2.33 bits per heavy atom. The largest absolute Gasteiger partial charge is 0.317 e. The molecule has 0 aliphatic heterocycles. The van der Waals surface area contributed by atoms with Gasteiger partial charge in [0.05, 0.1) is 0 Å². The topological polar surface area (TPSA) is 67.8 Å². The van der Waals surface area contributed by atoms with Gasteiger partial charge in [-0.15, -0.1) is 0 Å². The molecule has 0 fully saturated rings. The highest BCUT2D eigenvalue weighted by Crippen LogP contribution is 2.26. The Balaban J connectivity index is 2.33. The first-order valence-corrected chi connectivity index (χ1v) is 7.16. The van der Waals surface area contributed by atoms with Crippen molar-refractivity contribution in [2.45, 2.75) is 19.8 Å². The molecule has 2 rings (SSSR count). The Bertz CT molecular complexity index is 671. The van der Waals surface area contributed by atoms with E-state index in [1.54, 1.807) is 6.07 Å². The summed E-state index contributed by atoms with van der Waals surface area (Å²) < 4.78 is 0. The molecule has 0 aromatic carbocycles. The zero-order chi connectivity index (χ0) is 15.6. The van der Waals surface area contributed by atoms with Crippen LogP contribution < -0.4 is 5.32 Å². The van der Waals surface area contributed by atoms with Gasteiger partial charge in [-0.1, -0.05) is 48.7 Å². The summed E-state index contributed by atoms with van der Waals surface area (Å²) in [6.45, 7) is 3.91. The molecule has 21 heavy (non-hydrogen) atoms. The molecule has 8 heteroatoms. The van der Waals surface area contributed by atoms with Crippen LogP contribution in [0.1, 0.15) is 35.8 Å². The molecular weight excluding hydrogens is 335 g/mol. The molecule has 2 aromatic rings. The molecule has 0 saturated carbocycles. The molecule has 2 aromatic heterocycles. The van der Waals surface area contributed by atoms with Crippen LogP contribution in [0.3, 0.4) is 0 Å². The van der Waals surface area contributed by atoms with Crippen molar-refractivity contribution in [3.05, 3.63) is 45.2 Å². The molecule has 0 radical (unpaired) electrons. The Morgan fingerprint density at radius 2 is 1.76 bits per heavy atom. The Morgan fingerprint density at radius 1 is 1.14 bits per heavy atom. The lowest BCUT2D eigenvalue weighted by molar-refractivity contribution is 0.102. The SMILES string of the molecule is CC(C)c1cc(C(=O)Nc2c(Cl)ncnc2Cl)cc(Cl)n1. The van der Waals surface area contributed by atoms with Gasteiger partial charge in [0.2, 0.25) is 0 Å². The average molecular weight is 346 g/mol. The fourth-order valence-corrected chi connectivity index (χ4v) is 2.20. The lowest BCUT2D eigenvalue weighted by Gasteiger charge is -2.10. The molecule has 0 aliphatic carbocycles. The molecule has 0 spiro atoms. The summed E-state index contributed by atoms with van der Waals surface area (Å²) >= 11 is 17.7. The Labute approximate surface area is 136 Å². The van der Waals surface area contributed by atoms with Gasteiger partial charge in [-0.2, -0.15) is 0 Å². The normalized spacial score (nSPS) is 10.8. The van der Waals surface area contributed by atoms with E-state index in [1.807, 2.05) is 13.8 Å². The number of nitrogens with zero attached hydrogens (tertiary/aromatic N) is 3. The van der Waals surface area contributed by atoms with E-state index in [-0.39, 0.29) is 27.1 Å². The van der Waals surface area contributed by atoms with Gasteiger partial charge in [-0.3, -0.25) is 4.79 Å². The highest BCUT2D eigenvalue weighted by atomic mass is 35.5. The molecular formula is C13H11Cl3N4O. The standard InChI is InChI=1S/C13H11Cl3N4O/c1-6(2)8-3-7(4-9(14)19-8)13(21)20-10-11(15)17-5-18-12(10)16/h3-6H,1-2H3,(H,20,21). The summed E-state index contributed by atoms with van der Waals surface area (Å²) in [4.78, 5) is 24.0. The predicted octanol–water partition coefficient (Wildman–Crippen LogP) is 4.21. The summed E-state index contributed by atoms with van der Waals surface area (Å²) in [5, 5.41) is 2.94. The van der Waals surface area contributed by atoms with E-state index in [0.29, 0.717) is 11.3 Å². The minimum atomic E-state index is -0.417. The number of rotatable bonds is 3. The first kappa shape index (κ1) is 15.9. The number of aromatic nitrogens is 3. The van der Waals surface area contributed by atoms with Gasteiger partial charge < -0.3 is 5.32 Å². The van der Waals surface area contributed by atoms with Crippen molar-refractivity contribution in [2.75, 3.05) is 5.32 Å². The number of halogens is 3. The van der Waals surface area contributed by atoms with Crippen LogP contribution in [0.4, 0.5) is 5.69 Å². The maximum Gasteiger partial charge on any atom is 0.256 e. The molecule has 0 atom stereocenters. The average Bonchev–Trinajstić information content (AvgIpc) is 2.42. The Hall–Kier alpha value is -1.43. The van der Waals surface area contributed by atoms with Crippen LogP contribution in [0.2, 0.25) is 15.5 Å². The Kier molecular flexibility index (Phi) is 4.98. The highest BCUT2D eigenvalue weighted by molar-refractivity contribution is 6.38. The molecule has 1 amide bonds. The van der Waals surface area contributed by atoms with Crippen molar-refractivity contribution in [3.8, 4) is 0 Å². The molecule has 0 bridgehead atoms. The van der Waals surface area contributed by atoms with Gasteiger partial charge in [-0.05, 0) is 18.1 Å². The second kappa shape index (κ2) is 6.56. The van der Waals surface area contributed by atoms with E-state index >= 15 is 0 Å². The van der Waals surface area contributed by atoms with Gasteiger partial charge >= 0.3 is 0 Å². The molecule has 5 nitrogen and oxygen atoms in total. The van der Waals surface area contributed by atoms with Gasteiger partial charge in [0.1, 0.15) is 17.2 Å². The summed E-state index contributed by atoms with van der Waals surface area (Å²) in [5.41, 5.74) is 1.23. The van der Waals surface area contributed by atoms with E-state index in [9.17, 15) is 4.79 Å². The monoisotopic (exact) mass is 344 g/mol. The first-order valence-electron chi connectivity index (χ1n) is 6.03. The summed E-state index contributed by atoms with van der Waals surface area (Å²) in [7, 11) is 0. The quantitative estimate of drug-likeness (QED) is 0.668. The molecule has 2 heterocycles. The smallest absolute Gasteiger partial charge is 0.256 e. The zero-order valence-corrected chi connectivity index (χ0v) is 13.5. The van der Waals surface area contributed by atoms with Crippen LogP contribution >= 0.6 is 34.8 Å². The first-order chi connectivity index (χ1) is 9.88. The van der Waals surface area contributed by atoms with E-state index < -0.39 is 5.91 Å². The molecule has 0 unspecified atom stereocenters. The molecule has 0 saturated heterocycles. The lowest BCUT2D eigenvalue weighted by atomic mass is 10.1. The van der Waals surface area contributed by atoms with Crippen LogP contribution in [-0.2, 0) is 0 Å². The molecule has 0 aliphatic rings. The van der Waals surface area contributed by atoms with Gasteiger partial charge in [-0.25, -0.2) is 15.0 Å². The van der Waals surface area contributed by atoms with Crippen molar-refractivity contribution in [2.24, 2.45) is 0 Å². The minimum Gasteiger partial charge on any atom is -0.317 e. The van der Waals surface area contributed by atoms with E-state index in [0.717, 1.165) is 0 Å². The van der Waals surface area contributed by atoms with Crippen molar-refractivity contribution in [3.63, 3.8) is 0 Å². The van der Waals surface area contributed by atoms with Crippen LogP contribution in [0.5, 0.6) is 0 Å². The van der Waals surface area contributed by atoms with Crippen molar-refractivity contribution < 1.29 is 4.79 Å². The maximum atomic E-state index is 12.3. The number of amides is 1. The highest BCUT2D eigenvalue weighted by Gasteiger charge is 2.15. The van der Waals surface area contributed by atoms with Gasteiger partial charge in [0.25, 0.3) is 5.91 Å².